The van der Waals surface area contributed by atoms with E-state index in [1.807, 2.05) is 6.07 Å². The van der Waals surface area contributed by atoms with Crippen LogP contribution in [0.15, 0.2) is 18.2 Å². The molecule has 1 atom stereocenters. The highest BCUT2D eigenvalue weighted by atomic mass is 16.7. The van der Waals surface area contributed by atoms with Crippen LogP contribution in [0, 0.1) is 5.92 Å². The Balaban J connectivity index is 1.44. The number of carbonyl (C=O) groups is 2. The van der Waals surface area contributed by atoms with Crippen molar-refractivity contribution in [2.45, 2.75) is 32.6 Å². The molecule has 2 amide bonds. The summed E-state index contributed by atoms with van der Waals surface area (Å²) in [6.45, 7) is 4.69. The third-order valence-electron chi connectivity index (χ3n) is 4.57. The second-order valence-electron chi connectivity index (χ2n) is 6.55. The number of benzene rings is 1. The Labute approximate surface area is 153 Å². The summed E-state index contributed by atoms with van der Waals surface area (Å²) in [5, 5.41) is 2.91. The maximum Gasteiger partial charge on any atom is 0.231 e. The lowest BCUT2D eigenvalue weighted by Crippen LogP contribution is -2.33. The first-order chi connectivity index (χ1) is 12.7. The molecule has 2 heterocycles. The SMILES string of the molecule is CCCCOCCCNC(=O)C1CC(=O)N(c2ccc3c(c2)OCO3)C1. The summed E-state index contributed by atoms with van der Waals surface area (Å²) in [5.74, 6) is 0.859. The molecule has 1 N–H and O–H groups in total. The van der Waals surface area contributed by atoms with Crippen molar-refractivity contribution in [1.82, 2.24) is 5.32 Å². The number of carbonyl (C=O) groups excluding carboxylic acids is 2. The minimum atomic E-state index is -0.325. The monoisotopic (exact) mass is 362 g/mol. The summed E-state index contributed by atoms with van der Waals surface area (Å²) in [6, 6.07) is 5.39. The van der Waals surface area contributed by atoms with Crippen molar-refractivity contribution >= 4 is 17.5 Å². The van der Waals surface area contributed by atoms with Crippen LogP contribution in [-0.4, -0.2) is 44.9 Å². The minimum Gasteiger partial charge on any atom is -0.454 e. The van der Waals surface area contributed by atoms with Gasteiger partial charge in [-0.05, 0) is 25.0 Å². The maximum atomic E-state index is 12.3. The Kier molecular flexibility index (Phi) is 6.33. The largest absolute Gasteiger partial charge is 0.454 e. The molecule has 3 rings (SSSR count). The van der Waals surface area contributed by atoms with E-state index in [0.29, 0.717) is 31.2 Å². The number of anilines is 1. The summed E-state index contributed by atoms with van der Waals surface area (Å²) in [5.41, 5.74) is 0.735. The summed E-state index contributed by atoms with van der Waals surface area (Å²) in [4.78, 5) is 26.3. The number of nitrogens with zero attached hydrogens (tertiary/aromatic N) is 1. The fourth-order valence-electron chi connectivity index (χ4n) is 3.06. The fraction of sp³-hybridized carbons (Fsp3) is 0.579. The lowest BCUT2D eigenvalue weighted by Gasteiger charge is -2.17. The van der Waals surface area contributed by atoms with Crippen molar-refractivity contribution in [1.29, 1.82) is 0 Å². The summed E-state index contributed by atoms with van der Waals surface area (Å²) < 4.78 is 16.1. The third kappa shape index (κ3) is 4.46. The molecular weight excluding hydrogens is 336 g/mol. The van der Waals surface area contributed by atoms with Crippen molar-refractivity contribution in [2.75, 3.05) is 38.0 Å². The van der Waals surface area contributed by atoms with Gasteiger partial charge >= 0.3 is 0 Å². The lowest BCUT2D eigenvalue weighted by molar-refractivity contribution is -0.126. The second-order valence-corrected chi connectivity index (χ2v) is 6.55. The van der Waals surface area contributed by atoms with E-state index in [0.717, 1.165) is 31.6 Å². The zero-order valence-electron chi connectivity index (χ0n) is 15.2. The number of rotatable bonds is 9. The van der Waals surface area contributed by atoms with Crippen LogP contribution in [0.3, 0.4) is 0 Å². The van der Waals surface area contributed by atoms with E-state index in [-0.39, 0.29) is 30.9 Å². The van der Waals surface area contributed by atoms with E-state index in [2.05, 4.69) is 12.2 Å². The number of hydrogen-bond donors (Lipinski definition) is 1. The predicted octanol–water partition coefficient (Wildman–Crippen LogP) is 2.09. The average molecular weight is 362 g/mol. The van der Waals surface area contributed by atoms with Gasteiger partial charge in [0.25, 0.3) is 0 Å². The Morgan fingerprint density at radius 1 is 1.27 bits per heavy atom. The molecule has 1 aromatic rings. The number of fused-ring (bicyclic) bond motifs is 1. The molecule has 1 fully saturated rings. The van der Waals surface area contributed by atoms with E-state index < -0.39 is 0 Å². The van der Waals surface area contributed by atoms with Crippen LogP contribution < -0.4 is 19.7 Å². The molecule has 0 spiro atoms. The molecule has 0 saturated carbocycles. The van der Waals surface area contributed by atoms with Gasteiger partial charge in [-0.1, -0.05) is 13.3 Å². The fourth-order valence-corrected chi connectivity index (χ4v) is 3.06. The van der Waals surface area contributed by atoms with E-state index in [9.17, 15) is 9.59 Å². The molecule has 2 aliphatic rings. The summed E-state index contributed by atoms with van der Waals surface area (Å²) in [7, 11) is 0. The quantitative estimate of drug-likeness (QED) is 0.681. The van der Waals surface area contributed by atoms with Crippen molar-refractivity contribution < 1.29 is 23.8 Å². The highest BCUT2D eigenvalue weighted by molar-refractivity contribution is 6.00. The Bertz CT molecular complexity index is 649. The van der Waals surface area contributed by atoms with Gasteiger partial charge < -0.3 is 24.4 Å². The lowest BCUT2D eigenvalue weighted by atomic mass is 10.1. The molecule has 1 saturated heterocycles. The molecule has 26 heavy (non-hydrogen) atoms. The van der Waals surface area contributed by atoms with E-state index in [1.54, 1.807) is 17.0 Å². The van der Waals surface area contributed by atoms with Gasteiger partial charge in [0.2, 0.25) is 18.6 Å². The van der Waals surface area contributed by atoms with Crippen LogP contribution in [0.1, 0.15) is 32.6 Å². The van der Waals surface area contributed by atoms with Crippen molar-refractivity contribution in [3.05, 3.63) is 18.2 Å². The molecular formula is C19H26N2O5. The summed E-state index contributed by atoms with van der Waals surface area (Å²) >= 11 is 0. The molecule has 1 unspecified atom stereocenters. The third-order valence-corrected chi connectivity index (χ3v) is 4.57. The van der Waals surface area contributed by atoms with Crippen molar-refractivity contribution in [3.63, 3.8) is 0 Å². The smallest absolute Gasteiger partial charge is 0.231 e. The molecule has 0 bridgehead atoms. The first-order valence-corrected chi connectivity index (χ1v) is 9.24. The van der Waals surface area contributed by atoms with Gasteiger partial charge in [-0.2, -0.15) is 0 Å². The molecule has 7 heteroatoms. The zero-order chi connectivity index (χ0) is 18.4. The topological polar surface area (TPSA) is 77.1 Å². The average Bonchev–Trinajstić information content (AvgIpc) is 3.26. The van der Waals surface area contributed by atoms with Crippen LogP contribution in [0.4, 0.5) is 5.69 Å². The highest BCUT2D eigenvalue weighted by Crippen LogP contribution is 2.37. The zero-order valence-corrected chi connectivity index (χ0v) is 15.2. The molecule has 7 nitrogen and oxygen atoms in total. The number of hydrogen-bond acceptors (Lipinski definition) is 5. The highest BCUT2D eigenvalue weighted by Gasteiger charge is 2.35. The van der Waals surface area contributed by atoms with Crippen LogP contribution in [0.2, 0.25) is 0 Å². The van der Waals surface area contributed by atoms with E-state index in [1.165, 1.54) is 0 Å². The molecule has 0 radical (unpaired) electrons. The Hall–Kier alpha value is -2.28. The predicted molar refractivity (Wildman–Crippen MR) is 96.4 cm³/mol. The first kappa shape index (κ1) is 18.5. The van der Waals surface area contributed by atoms with E-state index in [4.69, 9.17) is 14.2 Å². The minimum absolute atomic E-state index is 0.0492. The molecule has 2 aliphatic heterocycles. The number of unbranched alkanes of at least 4 members (excludes halogenated alkanes) is 1. The number of ether oxygens (including phenoxy) is 3. The van der Waals surface area contributed by atoms with Gasteiger partial charge in [0.15, 0.2) is 11.5 Å². The molecule has 142 valence electrons. The second kappa shape index (κ2) is 8.89. The van der Waals surface area contributed by atoms with Crippen LogP contribution in [0.25, 0.3) is 0 Å². The van der Waals surface area contributed by atoms with Crippen molar-refractivity contribution in [2.24, 2.45) is 5.92 Å². The molecule has 1 aromatic carbocycles. The maximum absolute atomic E-state index is 12.3. The summed E-state index contributed by atoms with van der Waals surface area (Å²) in [6.07, 6.45) is 3.19. The van der Waals surface area contributed by atoms with Gasteiger partial charge in [-0.3, -0.25) is 9.59 Å². The number of amides is 2. The standard InChI is InChI=1S/C19H26N2O5/c1-2-3-8-24-9-4-7-20-19(23)14-10-18(22)21(12-14)15-5-6-16-17(11-15)26-13-25-16/h5-6,11,14H,2-4,7-10,12-13H2,1H3,(H,20,23). The van der Waals surface area contributed by atoms with Gasteiger partial charge in [-0.15, -0.1) is 0 Å². The molecule has 0 aromatic heterocycles. The van der Waals surface area contributed by atoms with E-state index >= 15 is 0 Å². The molecule has 0 aliphatic carbocycles. The number of nitrogens with one attached hydrogen (secondary N) is 1. The van der Waals surface area contributed by atoms with Gasteiger partial charge in [0.1, 0.15) is 0 Å². The van der Waals surface area contributed by atoms with Crippen LogP contribution in [-0.2, 0) is 14.3 Å². The Morgan fingerprint density at radius 2 is 2.08 bits per heavy atom. The van der Waals surface area contributed by atoms with Crippen LogP contribution >= 0.6 is 0 Å². The van der Waals surface area contributed by atoms with Crippen LogP contribution in [0.5, 0.6) is 11.5 Å². The van der Waals surface area contributed by atoms with Gasteiger partial charge in [-0.25, -0.2) is 0 Å². The normalized spacial score (nSPS) is 18.4. The van der Waals surface area contributed by atoms with Gasteiger partial charge in [0, 0.05) is 44.5 Å². The van der Waals surface area contributed by atoms with Gasteiger partial charge in [0.05, 0.1) is 5.92 Å². The Morgan fingerprint density at radius 3 is 2.92 bits per heavy atom. The van der Waals surface area contributed by atoms with Crippen molar-refractivity contribution in [3.8, 4) is 11.5 Å². The first-order valence-electron chi connectivity index (χ1n) is 9.24.